The van der Waals surface area contributed by atoms with Crippen LogP contribution in [-0.2, 0) is 14.3 Å². The molecular formula is C21H24N2O6. The van der Waals surface area contributed by atoms with Crippen molar-refractivity contribution in [2.45, 2.75) is 25.6 Å². The van der Waals surface area contributed by atoms with Gasteiger partial charge in [0.1, 0.15) is 23.8 Å². The Kier molecular flexibility index (Phi) is 7.40. The summed E-state index contributed by atoms with van der Waals surface area (Å²) in [7, 11) is 2.93. The molecule has 29 heavy (non-hydrogen) atoms. The number of benzene rings is 1. The zero-order valence-electron chi connectivity index (χ0n) is 16.5. The van der Waals surface area contributed by atoms with Crippen molar-refractivity contribution in [2.75, 3.05) is 27.4 Å². The van der Waals surface area contributed by atoms with Gasteiger partial charge < -0.3 is 23.8 Å². The van der Waals surface area contributed by atoms with E-state index in [2.05, 4.69) is 10.1 Å². The van der Waals surface area contributed by atoms with Crippen molar-refractivity contribution in [3.8, 4) is 11.5 Å². The molecule has 0 spiro atoms. The van der Waals surface area contributed by atoms with Crippen molar-refractivity contribution in [3.05, 3.63) is 53.9 Å². The fraction of sp³-hybridized carbons (Fsp3) is 0.381. The van der Waals surface area contributed by atoms with Gasteiger partial charge in [-0.2, -0.15) is 0 Å². The molecule has 1 atom stereocenters. The molecule has 8 heteroatoms. The minimum Gasteiger partial charge on any atom is -0.497 e. The highest BCUT2D eigenvalue weighted by Gasteiger charge is 2.17. The summed E-state index contributed by atoms with van der Waals surface area (Å²) in [5.74, 6) is 0.911. The van der Waals surface area contributed by atoms with Gasteiger partial charge in [-0.25, -0.2) is 4.79 Å². The van der Waals surface area contributed by atoms with E-state index < -0.39 is 12.3 Å². The second-order valence-corrected chi connectivity index (χ2v) is 6.33. The second-order valence-electron chi connectivity index (χ2n) is 6.33. The predicted molar refractivity (Wildman–Crippen MR) is 105 cm³/mol. The van der Waals surface area contributed by atoms with Crippen LogP contribution in [0.2, 0.25) is 0 Å². The Morgan fingerprint density at radius 3 is 2.66 bits per heavy atom. The van der Waals surface area contributed by atoms with Crippen LogP contribution in [0.3, 0.4) is 0 Å². The van der Waals surface area contributed by atoms with Crippen molar-refractivity contribution < 1.29 is 28.6 Å². The van der Waals surface area contributed by atoms with Crippen LogP contribution >= 0.6 is 0 Å². The van der Waals surface area contributed by atoms with Gasteiger partial charge in [-0.1, -0.05) is 5.16 Å². The third-order valence-electron chi connectivity index (χ3n) is 4.33. The fourth-order valence-corrected chi connectivity index (χ4v) is 2.72. The first-order valence-corrected chi connectivity index (χ1v) is 9.35. The largest absolute Gasteiger partial charge is 0.497 e. The summed E-state index contributed by atoms with van der Waals surface area (Å²) in [6, 6.07) is 10.3. The average molecular weight is 400 g/mol. The Morgan fingerprint density at radius 2 is 1.97 bits per heavy atom. The van der Waals surface area contributed by atoms with Crippen molar-refractivity contribution in [2.24, 2.45) is 5.16 Å². The third kappa shape index (κ3) is 5.92. The quantitative estimate of drug-likeness (QED) is 0.382. The zero-order valence-corrected chi connectivity index (χ0v) is 16.5. The molecule has 0 amide bonds. The van der Waals surface area contributed by atoms with E-state index in [4.69, 9.17) is 23.8 Å². The first kappa shape index (κ1) is 20.6. The fourth-order valence-electron chi connectivity index (χ4n) is 2.72. The minimum atomic E-state index is -0.458. The van der Waals surface area contributed by atoms with E-state index >= 15 is 0 Å². The van der Waals surface area contributed by atoms with Crippen LogP contribution in [-0.4, -0.2) is 50.4 Å². The van der Waals surface area contributed by atoms with Crippen LogP contribution in [0.4, 0.5) is 0 Å². The predicted octanol–water partition coefficient (Wildman–Crippen LogP) is 3.20. The molecule has 0 N–H and O–H groups in total. The molecule has 3 rings (SSSR count). The van der Waals surface area contributed by atoms with Crippen LogP contribution in [0.15, 0.2) is 47.8 Å². The van der Waals surface area contributed by atoms with Gasteiger partial charge in [-0.05, 0) is 49.2 Å². The number of hydrogen-bond acceptors (Lipinski definition) is 8. The molecule has 0 saturated carbocycles. The maximum absolute atomic E-state index is 11.8. The molecule has 0 bridgehead atoms. The molecule has 2 aromatic rings. The van der Waals surface area contributed by atoms with Crippen molar-refractivity contribution in [1.29, 1.82) is 0 Å². The van der Waals surface area contributed by atoms with Crippen LogP contribution in [0.25, 0.3) is 0 Å². The lowest BCUT2D eigenvalue weighted by Gasteiger charge is -2.20. The number of aromatic nitrogens is 1. The number of methoxy groups -OCH3 is 2. The van der Waals surface area contributed by atoms with Gasteiger partial charge in [-0.3, -0.25) is 4.98 Å². The summed E-state index contributed by atoms with van der Waals surface area (Å²) in [4.78, 5) is 21.7. The molecule has 1 aliphatic rings. The number of carbonyl (C=O) groups excluding carboxylic acids is 1. The molecule has 1 aromatic carbocycles. The van der Waals surface area contributed by atoms with Gasteiger partial charge in [0.05, 0.1) is 32.1 Å². The smallest absolute Gasteiger partial charge is 0.337 e. The van der Waals surface area contributed by atoms with Crippen LogP contribution < -0.4 is 9.47 Å². The van der Waals surface area contributed by atoms with Crippen LogP contribution in [0, 0.1) is 0 Å². The second kappa shape index (κ2) is 10.4. The highest BCUT2D eigenvalue weighted by Crippen LogP contribution is 2.18. The lowest BCUT2D eigenvalue weighted by Crippen LogP contribution is -2.22. The number of pyridine rings is 1. The minimum absolute atomic E-state index is 0.0939. The highest BCUT2D eigenvalue weighted by atomic mass is 16.8. The first-order chi connectivity index (χ1) is 14.2. The van der Waals surface area contributed by atoms with Crippen molar-refractivity contribution in [3.63, 3.8) is 0 Å². The zero-order chi connectivity index (χ0) is 20.5. The summed E-state index contributed by atoms with van der Waals surface area (Å²) >= 11 is 0. The Morgan fingerprint density at radius 1 is 1.17 bits per heavy atom. The number of nitrogens with zero attached hydrogens (tertiary/aromatic N) is 2. The van der Waals surface area contributed by atoms with E-state index in [1.165, 1.54) is 13.3 Å². The summed E-state index contributed by atoms with van der Waals surface area (Å²) < 4.78 is 21.3. The molecule has 1 aromatic heterocycles. The maximum Gasteiger partial charge on any atom is 0.337 e. The molecule has 0 radical (unpaired) electrons. The average Bonchev–Trinajstić information content (AvgIpc) is 2.79. The van der Waals surface area contributed by atoms with Gasteiger partial charge in [0, 0.05) is 12.6 Å². The maximum atomic E-state index is 11.8. The standard InChI is InChI=1S/C21H24N2O6/c1-25-16-6-8-17(9-7-16)28-14-19(23-29-20-5-3-4-12-27-20)18-13-15(10-11-22-18)21(24)26-2/h6-11,13,20H,3-5,12,14H2,1-2H3/b23-19+. The summed E-state index contributed by atoms with van der Waals surface area (Å²) in [6.07, 6.45) is 3.92. The molecule has 8 nitrogen and oxygen atoms in total. The first-order valence-electron chi connectivity index (χ1n) is 9.35. The van der Waals surface area contributed by atoms with E-state index in [1.807, 2.05) is 0 Å². The number of oxime groups is 1. The molecule has 2 heterocycles. The van der Waals surface area contributed by atoms with E-state index in [0.717, 1.165) is 25.0 Å². The van der Waals surface area contributed by atoms with Gasteiger partial charge in [0.15, 0.2) is 0 Å². The molecule has 0 aliphatic carbocycles. The van der Waals surface area contributed by atoms with E-state index in [0.29, 0.717) is 29.3 Å². The summed E-state index contributed by atoms with van der Waals surface area (Å²) in [5, 5.41) is 4.22. The molecular weight excluding hydrogens is 376 g/mol. The normalized spacial score (nSPS) is 16.8. The Hall–Kier alpha value is -3.13. The van der Waals surface area contributed by atoms with Crippen LogP contribution in [0.5, 0.6) is 11.5 Å². The van der Waals surface area contributed by atoms with E-state index in [9.17, 15) is 4.79 Å². The Labute approximate surface area is 169 Å². The van der Waals surface area contributed by atoms with Gasteiger partial charge >= 0.3 is 5.97 Å². The number of hydrogen-bond donors (Lipinski definition) is 0. The van der Waals surface area contributed by atoms with E-state index in [1.54, 1.807) is 43.5 Å². The van der Waals surface area contributed by atoms with Gasteiger partial charge in [0.2, 0.25) is 6.29 Å². The molecule has 1 saturated heterocycles. The third-order valence-corrected chi connectivity index (χ3v) is 4.33. The lowest BCUT2D eigenvalue weighted by atomic mass is 10.2. The molecule has 1 unspecified atom stereocenters. The summed E-state index contributed by atoms with van der Waals surface area (Å²) in [5.41, 5.74) is 1.25. The SMILES string of the molecule is COC(=O)c1ccnc(/C(COc2ccc(OC)cc2)=N/OC2CCCCO2)c1. The van der Waals surface area contributed by atoms with Crippen molar-refractivity contribution in [1.82, 2.24) is 4.98 Å². The topological polar surface area (TPSA) is 88.5 Å². The van der Waals surface area contributed by atoms with E-state index in [-0.39, 0.29) is 6.61 Å². The number of carbonyl (C=O) groups is 1. The monoisotopic (exact) mass is 400 g/mol. The Balaban J connectivity index is 1.77. The molecule has 1 aliphatic heterocycles. The molecule has 154 valence electrons. The van der Waals surface area contributed by atoms with Gasteiger partial charge in [0.25, 0.3) is 0 Å². The summed E-state index contributed by atoms with van der Waals surface area (Å²) in [6.45, 7) is 0.741. The number of ether oxygens (including phenoxy) is 4. The lowest BCUT2D eigenvalue weighted by molar-refractivity contribution is -0.162. The highest BCUT2D eigenvalue weighted by molar-refractivity contribution is 6.01. The van der Waals surface area contributed by atoms with Crippen molar-refractivity contribution >= 4 is 11.7 Å². The van der Waals surface area contributed by atoms with Gasteiger partial charge in [-0.15, -0.1) is 0 Å². The number of esters is 1. The van der Waals surface area contributed by atoms with Crippen LogP contribution in [0.1, 0.15) is 35.3 Å². The molecule has 1 fully saturated rings. The Bertz CT molecular complexity index is 831. The number of rotatable bonds is 8.